The van der Waals surface area contributed by atoms with Crippen molar-refractivity contribution in [2.75, 3.05) is 13.2 Å². The molecule has 0 amide bonds. The molecule has 4 nitrogen and oxygen atoms in total. The van der Waals surface area contributed by atoms with Crippen LogP contribution >= 0.6 is 0 Å². The van der Waals surface area contributed by atoms with Crippen LogP contribution in [0.1, 0.15) is 26.8 Å². The van der Waals surface area contributed by atoms with Crippen molar-refractivity contribution in [2.24, 2.45) is 0 Å². The monoisotopic (exact) mass is 261 g/mol. The van der Waals surface area contributed by atoms with Gasteiger partial charge in [-0.15, -0.1) is 0 Å². The molecule has 0 aliphatic carbocycles. The van der Waals surface area contributed by atoms with Crippen molar-refractivity contribution >= 4 is 16.9 Å². The molecule has 1 heterocycles. The third kappa shape index (κ3) is 3.08. The SMILES string of the molecule is CCOC(=O)COc1ccc2ccn(C(C)C)c2c1. The zero-order chi connectivity index (χ0) is 13.8. The lowest BCUT2D eigenvalue weighted by atomic mass is 10.2. The summed E-state index contributed by atoms with van der Waals surface area (Å²) in [6.07, 6.45) is 2.06. The maximum atomic E-state index is 11.3. The van der Waals surface area contributed by atoms with Gasteiger partial charge in [-0.05, 0) is 44.4 Å². The van der Waals surface area contributed by atoms with Crippen LogP contribution in [0.4, 0.5) is 0 Å². The van der Waals surface area contributed by atoms with Gasteiger partial charge in [-0.3, -0.25) is 0 Å². The highest BCUT2D eigenvalue weighted by Gasteiger charge is 2.07. The van der Waals surface area contributed by atoms with Crippen molar-refractivity contribution in [3.8, 4) is 5.75 Å². The van der Waals surface area contributed by atoms with Gasteiger partial charge in [0.2, 0.25) is 0 Å². The lowest BCUT2D eigenvalue weighted by Gasteiger charge is -2.11. The largest absolute Gasteiger partial charge is 0.482 e. The molecule has 0 unspecified atom stereocenters. The minimum atomic E-state index is -0.346. The number of aromatic nitrogens is 1. The normalized spacial score (nSPS) is 10.9. The fourth-order valence-electron chi connectivity index (χ4n) is 2.01. The molecule has 102 valence electrons. The Kier molecular flexibility index (Phi) is 4.10. The molecule has 0 aliphatic heterocycles. The maximum absolute atomic E-state index is 11.3. The minimum Gasteiger partial charge on any atom is -0.482 e. The predicted octanol–water partition coefficient (Wildman–Crippen LogP) is 3.16. The summed E-state index contributed by atoms with van der Waals surface area (Å²) >= 11 is 0. The summed E-state index contributed by atoms with van der Waals surface area (Å²) in [5.41, 5.74) is 1.11. The lowest BCUT2D eigenvalue weighted by molar-refractivity contribution is -0.145. The highest BCUT2D eigenvalue weighted by Crippen LogP contribution is 2.24. The Morgan fingerprint density at radius 2 is 2.11 bits per heavy atom. The van der Waals surface area contributed by atoms with Crippen LogP contribution in [-0.4, -0.2) is 23.8 Å². The van der Waals surface area contributed by atoms with Gasteiger partial charge in [0.15, 0.2) is 6.61 Å². The summed E-state index contributed by atoms with van der Waals surface area (Å²) in [6, 6.07) is 8.28. The second-order valence-electron chi connectivity index (χ2n) is 4.63. The second kappa shape index (κ2) is 5.78. The number of carbonyl (C=O) groups is 1. The van der Waals surface area contributed by atoms with Gasteiger partial charge < -0.3 is 14.0 Å². The van der Waals surface area contributed by atoms with Crippen molar-refractivity contribution in [3.05, 3.63) is 30.5 Å². The quantitative estimate of drug-likeness (QED) is 0.776. The van der Waals surface area contributed by atoms with E-state index in [2.05, 4.69) is 30.7 Å². The minimum absolute atomic E-state index is 0.0538. The Bertz CT molecular complexity index is 572. The molecule has 2 aromatic rings. The number of fused-ring (bicyclic) bond motifs is 1. The summed E-state index contributed by atoms with van der Waals surface area (Å²) < 4.78 is 12.4. The Morgan fingerprint density at radius 3 is 2.79 bits per heavy atom. The van der Waals surface area contributed by atoms with Crippen LogP contribution in [0.3, 0.4) is 0 Å². The van der Waals surface area contributed by atoms with E-state index in [1.54, 1.807) is 6.92 Å². The molecule has 0 saturated carbocycles. The first-order valence-electron chi connectivity index (χ1n) is 6.51. The van der Waals surface area contributed by atoms with Crippen molar-refractivity contribution in [1.82, 2.24) is 4.57 Å². The van der Waals surface area contributed by atoms with Crippen LogP contribution in [0.2, 0.25) is 0 Å². The molecule has 0 bridgehead atoms. The van der Waals surface area contributed by atoms with Crippen LogP contribution in [0, 0.1) is 0 Å². The maximum Gasteiger partial charge on any atom is 0.344 e. The summed E-state index contributed by atoms with van der Waals surface area (Å²) in [7, 11) is 0. The first-order valence-corrected chi connectivity index (χ1v) is 6.51. The van der Waals surface area contributed by atoms with Crippen molar-refractivity contribution in [2.45, 2.75) is 26.8 Å². The summed E-state index contributed by atoms with van der Waals surface area (Å²) in [5, 5.41) is 1.16. The average Bonchev–Trinajstić information content (AvgIpc) is 2.79. The topological polar surface area (TPSA) is 40.5 Å². The van der Waals surface area contributed by atoms with E-state index in [1.807, 2.05) is 18.2 Å². The van der Waals surface area contributed by atoms with Crippen LogP contribution in [0.5, 0.6) is 5.75 Å². The van der Waals surface area contributed by atoms with E-state index in [0.29, 0.717) is 18.4 Å². The third-order valence-electron chi connectivity index (χ3n) is 2.91. The zero-order valence-corrected chi connectivity index (χ0v) is 11.6. The molecule has 1 aromatic carbocycles. The molecule has 0 atom stereocenters. The Morgan fingerprint density at radius 1 is 1.32 bits per heavy atom. The highest BCUT2D eigenvalue weighted by molar-refractivity contribution is 5.82. The standard InChI is InChI=1S/C15H19NO3/c1-4-18-15(17)10-19-13-6-5-12-7-8-16(11(2)3)14(12)9-13/h5-9,11H,4,10H2,1-3H3. The van der Waals surface area contributed by atoms with Gasteiger partial charge in [0, 0.05) is 18.3 Å². The molecule has 0 aliphatic rings. The highest BCUT2D eigenvalue weighted by atomic mass is 16.6. The Hall–Kier alpha value is -1.97. The molecule has 0 spiro atoms. The van der Waals surface area contributed by atoms with Crippen molar-refractivity contribution < 1.29 is 14.3 Å². The second-order valence-corrected chi connectivity index (χ2v) is 4.63. The number of carbonyl (C=O) groups excluding carboxylic acids is 1. The number of esters is 1. The molecular formula is C15H19NO3. The number of nitrogens with zero attached hydrogens (tertiary/aromatic N) is 1. The fraction of sp³-hybridized carbons (Fsp3) is 0.400. The first-order chi connectivity index (χ1) is 9.11. The number of hydrogen-bond donors (Lipinski definition) is 0. The molecule has 0 radical (unpaired) electrons. The van der Waals surface area contributed by atoms with Gasteiger partial charge in [-0.2, -0.15) is 0 Å². The number of hydrogen-bond acceptors (Lipinski definition) is 3. The number of rotatable bonds is 5. The molecule has 0 fully saturated rings. The van der Waals surface area contributed by atoms with Gasteiger partial charge in [0.1, 0.15) is 5.75 Å². The molecule has 0 saturated heterocycles. The fourth-order valence-corrected chi connectivity index (χ4v) is 2.01. The van der Waals surface area contributed by atoms with Gasteiger partial charge in [-0.1, -0.05) is 0 Å². The lowest BCUT2D eigenvalue weighted by Crippen LogP contribution is -2.14. The van der Waals surface area contributed by atoms with Gasteiger partial charge in [0.05, 0.1) is 12.1 Å². The van der Waals surface area contributed by atoms with Gasteiger partial charge in [-0.25, -0.2) is 4.79 Å². The van der Waals surface area contributed by atoms with E-state index in [1.165, 1.54) is 0 Å². The number of benzene rings is 1. The summed E-state index contributed by atoms with van der Waals surface area (Å²) in [6.45, 7) is 6.36. The van der Waals surface area contributed by atoms with Crippen LogP contribution in [0.15, 0.2) is 30.5 Å². The predicted molar refractivity (Wildman–Crippen MR) is 74.5 cm³/mol. The molecule has 4 heteroatoms. The van der Waals surface area contributed by atoms with E-state index in [9.17, 15) is 4.79 Å². The smallest absolute Gasteiger partial charge is 0.344 e. The third-order valence-corrected chi connectivity index (χ3v) is 2.91. The Balaban J connectivity index is 2.16. The van der Waals surface area contributed by atoms with Crippen LogP contribution < -0.4 is 4.74 Å². The van der Waals surface area contributed by atoms with E-state index >= 15 is 0 Å². The van der Waals surface area contributed by atoms with E-state index < -0.39 is 0 Å². The Labute approximate surface area is 112 Å². The first kappa shape index (κ1) is 13.5. The summed E-state index contributed by atoms with van der Waals surface area (Å²) in [4.78, 5) is 11.3. The molecular weight excluding hydrogens is 242 g/mol. The van der Waals surface area contributed by atoms with E-state index in [-0.39, 0.29) is 12.6 Å². The molecule has 0 N–H and O–H groups in total. The molecule has 2 rings (SSSR count). The van der Waals surface area contributed by atoms with Crippen molar-refractivity contribution in [1.29, 1.82) is 0 Å². The summed E-state index contributed by atoms with van der Waals surface area (Å²) in [5.74, 6) is 0.336. The number of ether oxygens (including phenoxy) is 2. The van der Waals surface area contributed by atoms with Crippen LogP contribution in [-0.2, 0) is 9.53 Å². The van der Waals surface area contributed by atoms with Crippen molar-refractivity contribution in [3.63, 3.8) is 0 Å². The van der Waals surface area contributed by atoms with Crippen LogP contribution in [0.25, 0.3) is 10.9 Å². The van der Waals surface area contributed by atoms with Gasteiger partial charge in [0.25, 0.3) is 0 Å². The average molecular weight is 261 g/mol. The molecule has 19 heavy (non-hydrogen) atoms. The van der Waals surface area contributed by atoms with E-state index in [4.69, 9.17) is 9.47 Å². The molecule has 1 aromatic heterocycles. The van der Waals surface area contributed by atoms with Gasteiger partial charge >= 0.3 is 5.97 Å². The zero-order valence-electron chi connectivity index (χ0n) is 11.6. The van der Waals surface area contributed by atoms with E-state index in [0.717, 1.165) is 10.9 Å².